The van der Waals surface area contributed by atoms with E-state index in [0.717, 1.165) is 6.08 Å². The van der Waals surface area contributed by atoms with Crippen LogP contribution < -0.4 is 0 Å². The van der Waals surface area contributed by atoms with Crippen LogP contribution in [0.5, 0.6) is 0 Å². The maximum atomic E-state index is 12.3. The zero-order valence-electron chi connectivity index (χ0n) is 7.31. The molecular weight excluding hydrogens is 223 g/mol. The number of allylic oxidation sites excluding steroid dienone is 5. The van der Waals surface area contributed by atoms with E-state index in [4.69, 9.17) is 0 Å². The topological polar surface area (TPSA) is 0 Å². The lowest BCUT2D eigenvalue weighted by atomic mass is 10.2. The van der Waals surface area contributed by atoms with Gasteiger partial charge >= 0.3 is 10.2 Å². The molecule has 0 amide bonds. The highest BCUT2D eigenvalue weighted by atomic mass is 32.5. The zero-order chi connectivity index (χ0) is 11.1. The van der Waals surface area contributed by atoms with E-state index in [9.17, 15) is 19.4 Å². The number of halogens is 5. The van der Waals surface area contributed by atoms with Crippen LogP contribution in [0.1, 0.15) is 13.3 Å². The van der Waals surface area contributed by atoms with Gasteiger partial charge in [0.1, 0.15) is 4.91 Å². The molecule has 0 nitrogen and oxygen atoms in total. The first kappa shape index (κ1) is 11.3. The second-order valence-electron chi connectivity index (χ2n) is 3.10. The quantitative estimate of drug-likeness (QED) is 0.553. The van der Waals surface area contributed by atoms with Crippen molar-refractivity contribution in [1.29, 1.82) is 0 Å². The lowest BCUT2D eigenvalue weighted by Gasteiger charge is -2.41. The summed E-state index contributed by atoms with van der Waals surface area (Å²) in [5.74, 6) is 0. The van der Waals surface area contributed by atoms with Crippen molar-refractivity contribution in [3.05, 3.63) is 34.8 Å². The van der Waals surface area contributed by atoms with Gasteiger partial charge in [-0.1, -0.05) is 37.2 Å². The van der Waals surface area contributed by atoms with Crippen molar-refractivity contribution in [2.24, 2.45) is 0 Å². The Balaban J connectivity index is 3.31. The van der Waals surface area contributed by atoms with Crippen LogP contribution in [0, 0.1) is 0 Å². The zero-order valence-corrected chi connectivity index (χ0v) is 8.13. The second kappa shape index (κ2) is 2.42. The fourth-order valence-corrected chi connectivity index (χ4v) is 1.77. The Hall–Kier alpha value is -0.780. The highest BCUT2D eigenvalue weighted by molar-refractivity contribution is 8.48. The molecule has 0 fully saturated rings. The van der Waals surface area contributed by atoms with Gasteiger partial charge in [0.05, 0.1) is 0 Å². The summed E-state index contributed by atoms with van der Waals surface area (Å²) >= 11 is 0. The molecule has 0 aromatic heterocycles. The SMILES string of the molecule is CC1=CCC=CC(S(F)(F)(F)(F)F)=C1. The van der Waals surface area contributed by atoms with E-state index in [0.29, 0.717) is 12.2 Å². The van der Waals surface area contributed by atoms with E-state index in [1.807, 2.05) is 0 Å². The first-order valence-electron chi connectivity index (χ1n) is 3.78. The maximum Gasteiger partial charge on any atom is 0.310 e. The van der Waals surface area contributed by atoms with Gasteiger partial charge in [0, 0.05) is 0 Å². The van der Waals surface area contributed by atoms with E-state index in [1.165, 1.54) is 13.0 Å². The molecule has 0 N–H and O–H groups in total. The Morgan fingerprint density at radius 1 is 1.14 bits per heavy atom. The summed E-state index contributed by atoms with van der Waals surface area (Å²) in [4.78, 5) is -1.82. The Labute approximate surface area is 78.5 Å². The number of hydrogen-bond donors (Lipinski definition) is 0. The first-order chi connectivity index (χ1) is 5.99. The van der Waals surface area contributed by atoms with Crippen molar-refractivity contribution >= 4 is 10.2 Å². The fourth-order valence-electron chi connectivity index (χ4n) is 1.01. The summed E-state index contributed by atoms with van der Waals surface area (Å²) in [6.45, 7) is 1.36. The first-order valence-corrected chi connectivity index (χ1v) is 5.73. The van der Waals surface area contributed by atoms with Crippen LogP contribution in [0.4, 0.5) is 19.4 Å². The predicted molar refractivity (Wildman–Crippen MR) is 48.7 cm³/mol. The highest BCUT2D eigenvalue weighted by Gasteiger charge is 2.66. The summed E-state index contributed by atoms with van der Waals surface area (Å²) in [7, 11) is -9.50. The van der Waals surface area contributed by atoms with Crippen LogP contribution in [0.3, 0.4) is 0 Å². The molecule has 1 aliphatic rings. The molecule has 82 valence electrons. The fraction of sp³-hybridized carbons (Fsp3) is 0.250. The summed E-state index contributed by atoms with van der Waals surface area (Å²) in [6.07, 6.45) is 3.67. The van der Waals surface area contributed by atoms with E-state index in [2.05, 4.69) is 0 Å². The molecule has 1 rings (SSSR count). The van der Waals surface area contributed by atoms with Crippen molar-refractivity contribution in [1.82, 2.24) is 0 Å². The smallest absolute Gasteiger partial charge is 0.0936 e. The van der Waals surface area contributed by atoms with Gasteiger partial charge < -0.3 is 0 Å². The molecule has 0 bridgehead atoms. The molecule has 1 aliphatic carbocycles. The third-order valence-corrected chi connectivity index (χ3v) is 2.82. The third kappa shape index (κ3) is 2.87. The summed E-state index contributed by atoms with van der Waals surface area (Å²) in [6, 6.07) is 0. The Morgan fingerprint density at radius 2 is 1.71 bits per heavy atom. The van der Waals surface area contributed by atoms with Gasteiger partial charge in [0.15, 0.2) is 0 Å². The average molecular weight is 232 g/mol. The van der Waals surface area contributed by atoms with Crippen LogP contribution in [0.2, 0.25) is 0 Å². The van der Waals surface area contributed by atoms with Crippen molar-refractivity contribution in [2.75, 3.05) is 0 Å². The van der Waals surface area contributed by atoms with Gasteiger partial charge in [-0.3, -0.25) is 0 Å². The van der Waals surface area contributed by atoms with Gasteiger partial charge in [-0.05, 0) is 25.5 Å². The molecule has 6 heteroatoms. The molecule has 0 aromatic carbocycles. The molecule has 0 unspecified atom stereocenters. The van der Waals surface area contributed by atoms with Gasteiger partial charge in [0.2, 0.25) is 0 Å². The van der Waals surface area contributed by atoms with Crippen LogP contribution in [-0.2, 0) is 0 Å². The summed E-state index contributed by atoms with van der Waals surface area (Å²) in [5, 5.41) is 0. The monoisotopic (exact) mass is 232 g/mol. The lowest BCUT2D eigenvalue weighted by molar-refractivity contribution is 0.380. The van der Waals surface area contributed by atoms with Gasteiger partial charge in [-0.2, -0.15) is 0 Å². The van der Waals surface area contributed by atoms with Crippen LogP contribution >= 0.6 is 10.2 Å². The Morgan fingerprint density at radius 3 is 2.21 bits per heavy atom. The van der Waals surface area contributed by atoms with Crippen LogP contribution in [0.15, 0.2) is 34.8 Å². The molecule has 0 radical (unpaired) electrons. The van der Waals surface area contributed by atoms with E-state index in [1.54, 1.807) is 0 Å². The minimum Gasteiger partial charge on any atom is -0.0936 e. The van der Waals surface area contributed by atoms with Gasteiger partial charge in [0.25, 0.3) is 0 Å². The van der Waals surface area contributed by atoms with Crippen molar-refractivity contribution < 1.29 is 19.4 Å². The van der Waals surface area contributed by atoms with Gasteiger partial charge in [-0.15, -0.1) is 0 Å². The Kier molecular flexibility index (Phi) is 1.95. The standard InChI is InChI=1S/C8H9F5S/c1-7-4-2-3-5-8(6-7)14(9,10,11,12)13/h3-6H,2H2,1H3. The van der Waals surface area contributed by atoms with E-state index < -0.39 is 15.1 Å². The van der Waals surface area contributed by atoms with Crippen LogP contribution in [-0.4, -0.2) is 0 Å². The molecule has 0 saturated heterocycles. The van der Waals surface area contributed by atoms with E-state index >= 15 is 0 Å². The minimum absolute atomic E-state index is 0.193. The molecule has 14 heavy (non-hydrogen) atoms. The second-order valence-corrected chi connectivity index (χ2v) is 5.51. The molecule has 0 aliphatic heterocycles. The number of rotatable bonds is 1. The minimum atomic E-state index is -9.50. The maximum absolute atomic E-state index is 12.3. The van der Waals surface area contributed by atoms with Crippen LogP contribution in [0.25, 0.3) is 0 Å². The number of hydrogen-bond acceptors (Lipinski definition) is 0. The molecule has 0 spiro atoms. The van der Waals surface area contributed by atoms with Crippen molar-refractivity contribution in [3.63, 3.8) is 0 Å². The molecule has 0 saturated carbocycles. The highest BCUT2D eigenvalue weighted by Crippen LogP contribution is 3.02. The molecule has 0 heterocycles. The largest absolute Gasteiger partial charge is 0.310 e. The van der Waals surface area contributed by atoms with Gasteiger partial charge in [-0.25, -0.2) is 0 Å². The van der Waals surface area contributed by atoms with Crippen molar-refractivity contribution in [2.45, 2.75) is 13.3 Å². The molecular formula is C8H9F5S. The third-order valence-electron chi connectivity index (χ3n) is 1.67. The normalized spacial score (nSPS) is 23.0. The average Bonchev–Trinajstić information content (AvgIpc) is 2.08. The lowest BCUT2D eigenvalue weighted by Crippen LogP contribution is -2.07. The van der Waals surface area contributed by atoms with E-state index in [-0.39, 0.29) is 12.0 Å². The summed E-state index contributed by atoms with van der Waals surface area (Å²) in [5.41, 5.74) is 0.193. The molecule has 0 atom stereocenters. The Bertz CT molecular complexity index is 342. The molecule has 0 aromatic rings. The predicted octanol–water partition coefficient (Wildman–Crippen LogP) is 5.08. The van der Waals surface area contributed by atoms with Crippen molar-refractivity contribution in [3.8, 4) is 0 Å². The summed E-state index contributed by atoms with van der Waals surface area (Å²) < 4.78 is 61.5.